The van der Waals surface area contributed by atoms with Gasteiger partial charge in [-0.3, -0.25) is 4.79 Å². The molecule has 2 aromatic rings. The van der Waals surface area contributed by atoms with Gasteiger partial charge in [0.25, 0.3) is 5.91 Å². The van der Waals surface area contributed by atoms with E-state index in [4.69, 9.17) is 11.6 Å². The number of benzene rings is 1. The van der Waals surface area contributed by atoms with Crippen molar-refractivity contribution in [3.8, 4) is 0 Å². The monoisotopic (exact) mass is 379 g/mol. The molecule has 1 aliphatic rings. The Hall–Kier alpha value is -2.12. The lowest BCUT2D eigenvalue weighted by atomic mass is 10.2. The van der Waals surface area contributed by atoms with Crippen LogP contribution in [0.4, 0.5) is 11.5 Å². The van der Waals surface area contributed by atoms with E-state index in [2.05, 4.69) is 10.3 Å². The number of nitrogens with one attached hydrogen (secondary N) is 1. The zero-order valence-corrected chi connectivity index (χ0v) is 15.2. The summed E-state index contributed by atoms with van der Waals surface area (Å²) < 4.78 is 23.3. The highest BCUT2D eigenvalue weighted by atomic mass is 35.5. The summed E-state index contributed by atoms with van der Waals surface area (Å²) in [6.07, 6.45) is 2.10. The van der Waals surface area contributed by atoms with Gasteiger partial charge in [-0.15, -0.1) is 0 Å². The van der Waals surface area contributed by atoms with Crippen molar-refractivity contribution in [3.63, 3.8) is 0 Å². The Balaban J connectivity index is 1.77. The quantitative estimate of drug-likeness (QED) is 0.883. The Bertz CT molecular complexity index is 902. The fourth-order valence-electron chi connectivity index (χ4n) is 2.78. The molecule has 0 bridgehead atoms. The van der Waals surface area contributed by atoms with Gasteiger partial charge in [0, 0.05) is 24.8 Å². The standard InChI is InChI=1S/C17H18ClN3O3S/c1-21(13-7-9-25(23,24)11-13)16-10-12(6-8-19-16)17(22)20-15-5-3-2-4-14(15)18/h2-6,8,10,13H,7,9,11H2,1H3,(H,20,22). The summed E-state index contributed by atoms with van der Waals surface area (Å²) in [4.78, 5) is 18.5. The Morgan fingerprint density at radius 1 is 1.32 bits per heavy atom. The first kappa shape index (κ1) is 17.7. The molecule has 0 aliphatic carbocycles. The van der Waals surface area contributed by atoms with Crippen molar-refractivity contribution in [1.29, 1.82) is 0 Å². The molecule has 1 aromatic carbocycles. The first-order chi connectivity index (χ1) is 11.9. The van der Waals surface area contributed by atoms with Crippen molar-refractivity contribution >= 4 is 38.9 Å². The third kappa shape index (κ3) is 4.11. The topological polar surface area (TPSA) is 79.4 Å². The number of amides is 1. The molecular weight excluding hydrogens is 362 g/mol. The summed E-state index contributed by atoms with van der Waals surface area (Å²) in [5.41, 5.74) is 0.959. The van der Waals surface area contributed by atoms with Crippen LogP contribution in [0, 0.1) is 0 Å². The van der Waals surface area contributed by atoms with Crippen molar-refractivity contribution in [1.82, 2.24) is 4.98 Å². The zero-order chi connectivity index (χ0) is 18.0. The number of para-hydroxylation sites is 1. The van der Waals surface area contributed by atoms with Gasteiger partial charge in [-0.25, -0.2) is 13.4 Å². The summed E-state index contributed by atoms with van der Waals surface area (Å²) in [5.74, 6) is 0.564. The van der Waals surface area contributed by atoms with Gasteiger partial charge in [0.05, 0.1) is 22.2 Å². The molecule has 3 rings (SSSR count). The second-order valence-electron chi connectivity index (χ2n) is 6.00. The Morgan fingerprint density at radius 2 is 2.08 bits per heavy atom. The van der Waals surface area contributed by atoms with Gasteiger partial charge in [-0.2, -0.15) is 0 Å². The van der Waals surface area contributed by atoms with Crippen molar-refractivity contribution in [2.75, 3.05) is 28.8 Å². The van der Waals surface area contributed by atoms with Gasteiger partial charge in [-0.1, -0.05) is 23.7 Å². The van der Waals surface area contributed by atoms with Crippen LogP contribution in [0.15, 0.2) is 42.6 Å². The molecule has 1 aliphatic heterocycles. The smallest absolute Gasteiger partial charge is 0.255 e. The molecular formula is C17H18ClN3O3S. The third-order valence-corrected chi connectivity index (χ3v) is 6.33. The average molecular weight is 380 g/mol. The maximum Gasteiger partial charge on any atom is 0.255 e. The highest BCUT2D eigenvalue weighted by molar-refractivity contribution is 7.91. The van der Waals surface area contributed by atoms with Crippen LogP contribution in [0.3, 0.4) is 0 Å². The number of carbonyl (C=O) groups excluding carboxylic acids is 1. The molecule has 1 N–H and O–H groups in total. The van der Waals surface area contributed by atoms with E-state index in [9.17, 15) is 13.2 Å². The molecule has 1 unspecified atom stereocenters. The molecule has 25 heavy (non-hydrogen) atoms. The van der Waals surface area contributed by atoms with E-state index in [1.807, 2.05) is 4.90 Å². The molecule has 6 nitrogen and oxygen atoms in total. The zero-order valence-electron chi connectivity index (χ0n) is 13.6. The minimum atomic E-state index is -2.98. The van der Waals surface area contributed by atoms with Gasteiger partial charge >= 0.3 is 0 Å². The molecule has 132 valence electrons. The Labute approximate surface area is 151 Å². The highest BCUT2D eigenvalue weighted by Crippen LogP contribution is 2.24. The number of carbonyl (C=O) groups is 1. The van der Waals surface area contributed by atoms with E-state index in [0.29, 0.717) is 28.5 Å². The average Bonchev–Trinajstić information content (AvgIpc) is 2.96. The van der Waals surface area contributed by atoms with Crippen LogP contribution in [-0.2, 0) is 9.84 Å². The van der Waals surface area contributed by atoms with Crippen LogP contribution < -0.4 is 10.2 Å². The Morgan fingerprint density at radius 3 is 2.76 bits per heavy atom. The summed E-state index contributed by atoms with van der Waals surface area (Å²) in [7, 11) is -1.19. The van der Waals surface area contributed by atoms with Crippen molar-refractivity contribution in [2.45, 2.75) is 12.5 Å². The lowest BCUT2D eigenvalue weighted by molar-refractivity contribution is 0.102. The van der Waals surface area contributed by atoms with Gasteiger partial charge in [0.1, 0.15) is 5.82 Å². The van der Waals surface area contributed by atoms with E-state index in [-0.39, 0.29) is 23.5 Å². The lowest BCUT2D eigenvalue weighted by Gasteiger charge is -2.24. The number of sulfone groups is 1. The van der Waals surface area contributed by atoms with Gasteiger partial charge in [0.2, 0.25) is 0 Å². The van der Waals surface area contributed by atoms with Crippen molar-refractivity contribution < 1.29 is 13.2 Å². The molecule has 2 heterocycles. The third-order valence-electron chi connectivity index (χ3n) is 4.25. The molecule has 1 aromatic heterocycles. The largest absolute Gasteiger partial charge is 0.356 e. The van der Waals surface area contributed by atoms with Crippen molar-refractivity contribution in [3.05, 3.63) is 53.2 Å². The summed E-state index contributed by atoms with van der Waals surface area (Å²) in [6, 6.07) is 10.1. The normalized spacial score (nSPS) is 18.7. The van der Waals surface area contributed by atoms with E-state index in [0.717, 1.165) is 0 Å². The first-order valence-electron chi connectivity index (χ1n) is 7.81. The minimum Gasteiger partial charge on any atom is -0.356 e. The minimum absolute atomic E-state index is 0.112. The number of nitrogens with zero attached hydrogens (tertiary/aromatic N) is 2. The van der Waals surface area contributed by atoms with Crippen LogP contribution in [-0.4, -0.2) is 43.9 Å². The molecule has 1 atom stereocenters. The molecule has 0 radical (unpaired) electrons. The number of aromatic nitrogens is 1. The second-order valence-corrected chi connectivity index (χ2v) is 8.64. The Kier molecular flexibility index (Phi) is 4.96. The fraction of sp³-hybridized carbons (Fsp3) is 0.294. The van der Waals surface area contributed by atoms with Crippen LogP contribution in [0.2, 0.25) is 5.02 Å². The number of pyridine rings is 1. The van der Waals surface area contributed by atoms with Crippen LogP contribution in [0.25, 0.3) is 0 Å². The van der Waals surface area contributed by atoms with Gasteiger partial charge in [-0.05, 0) is 30.7 Å². The van der Waals surface area contributed by atoms with E-state index < -0.39 is 9.84 Å². The van der Waals surface area contributed by atoms with Gasteiger partial charge in [0.15, 0.2) is 9.84 Å². The fourth-order valence-corrected chi connectivity index (χ4v) is 4.73. The number of hydrogen-bond acceptors (Lipinski definition) is 5. The van der Waals surface area contributed by atoms with Crippen molar-refractivity contribution in [2.24, 2.45) is 0 Å². The number of rotatable bonds is 4. The number of halogens is 1. The van der Waals surface area contributed by atoms with E-state index in [1.165, 1.54) is 6.20 Å². The molecule has 0 spiro atoms. The first-order valence-corrected chi connectivity index (χ1v) is 10.0. The second kappa shape index (κ2) is 7.01. The summed E-state index contributed by atoms with van der Waals surface area (Å²) >= 11 is 6.06. The highest BCUT2D eigenvalue weighted by Gasteiger charge is 2.31. The van der Waals surface area contributed by atoms with E-state index >= 15 is 0 Å². The predicted molar refractivity (Wildman–Crippen MR) is 99.1 cm³/mol. The van der Waals surface area contributed by atoms with E-state index in [1.54, 1.807) is 43.4 Å². The number of hydrogen-bond donors (Lipinski definition) is 1. The van der Waals surface area contributed by atoms with Crippen LogP contribution >= 0.6 is 11.6 Å². The van der Waals surface area contributed by atoms with Crippen LogP contribution in [0.1, 0.15) is 16.8 Å². The van der Waals surface area contributed by atoms with Gasteiger partial charge < -0.3 is 10.2 Å². The molecule has 1 saturated heterocycles. The summed E-state index contributed by atoms with van der Waals surface area (Å²) in [5, 5.41) is 3.22. The summed E-state index contributed by atoms with van der Waals surface area (Å²) in [6.45, 7) is 0. The number of anilines is 2. The SMILES string of the molecule is CN(c1cc(C(=O)Nc2ccccc2Cl)ccn1)C1CCS(=O)(=O)C1. The molecule has 1 amide bonds. The molecule has 1 fully saturated rings. The maximum atomic E-state index is 12.5. The lowest BCUT2D eigenvalue weighted by Crippen LogP contribution is -2.33. The maximum absolute atomic E-state index is 12.5. The van der Waals surface area contributed by atoms with Crippen LogP contribution in [0.5, 0.6) is 0 Å². The molecule has 0 saturated carbocycles. The molecule has 8 heteroatoms. The predicted octanol–water partition coefficient (Wildman–Crippen LogP) is 2.61.